The lowest BCUT2D eigenvalue weighted by molar-refractivity contribution is -0.135. The Morgan fingerprint density at radius 3 is 2.94 bits per heavy atom. The number of nitrogens with zero attached hydrogens (tertiary/aromatic N) is 1. The summed E-state index contributed by atoms with van der Waals surface area (Å²) in [5.74, 6) is 0.257. The van der Waals surface area contributed by atoms with Gasteiger partial charge in [0.1, 0.15) is 0 Å². The Morgan fingerprint density at radius 2 is 2.22 bits per heavy atom. The van der Waals surface area contributed by atoms with E-state index in [9.17, 15) is 4.79 Å². The number of rotatable bonds is 2. The molecule has 1 aliphatic carbocycles. The topological polar surface area (TPSA) is 65.2 Å². The zero-order chi connectivity index (χ0) is 12.7. The Bertz CT molecular complexity index is 633. The van der Waals surface area contributed by atoms with Crippen LogP contribution < -0.4 is 10.5 Å². The molecular formula is C13H11BrN2O2. The summed E-state index contributed by atoms with van der Waals surface area (Å²) in [5.41, 5.74) is 6.99. The highest BCUT2D eigenvalue weighted by Crippen LogP contribution is 2.36. The van der Waals surface area contributed by atoms with Crippen LogP contribution in [0.15, 0.2) is 28.9 Å². The Hall–Kier alpha value is -1.62. The van der Waals surface area contributed by atoms with Gasteiger partial charge in [0.25, 0.3) is 0 Å². The van der Waals surface area contributed by atoms with Gasteiger partial charge >= 0.3 is 5.97 Å². The Kier molecular flexibility index (Phi) is 2.70. The van der Waals surface area contributed by atoms with Crippen LogP contribution in [0.5, 0.6) is 5.75 Å². The van der Waals surface area contributed by atoms with Crippen molar-refractivity contribution in [3.8, 4) is 5.75 Å². The second kappa shape index (κ2) is 4.24. The lowest BCUT2D eigenvalue weighted by Gasteiger charge is -2.10. The fourth-order valence-corrected chi connectivity index (χ4v) is 2.13. The lowest BCUT2D eigenvalue weighted by atomic mass is 10.2. The molecule has 0 bridgehead atoms. The third-order valence-corrected chi connectivity index (χ3v) is 3.41. The van der Waals surface area contributed by atoms with Crippen LogP contribution in [0.2, 0.25) is 0 Å². The molecule has 0 aliphatic heterocycles. The van der Waals surface area contributed by atoms with Gasteiger partial charge in [-0.25, -0.2) is 0 Å². The summed E-state index contributed by atoms with van der Waals surface area (Å²) in [6.07, 6.45) is 3.34. The first-order valence-electron chi connectivity index (χ1n) is 5.70. The van der Waals surface area contributed by atoms with Crippen molar-refractivity contribution in [1.82, 2.24) is 4.98 Å². The fourth-order valence-electron chi connectivity index (χ4n) is 1.77. The molecule has 92 valence electrons. The summed E-state index contributed by atoms with van der Waals surface area (Å²) < 4.78 is 6.31. The van der Waals surface area contributed by atoms with Gasteiger partial charge in [0, 0.05) is 9.86 Å². The smallest absolute Gasteiger partial charge is 0.314 e. The molecule has 0 saturated heterocycles. The molecule has 1 saturated carbocycles. The maximum Gasteiger partial charge on any atom is 0.314 e. The first-order valence-corrected chi connectivity index (χ1v) is 6.50. The quantitative estimate of drug-likeness (QED) is 0.866. The van der Waals surface area contributed by atoms with Crippen molar-refractivity contribution in [2.45, 2.75) is 12.8 Å². The molecule has 0 spiro atoms. The number of ether oxygens (including phenoxy) is 1. The highest BCUT2D eigenvalue weighted by atomic mass is 79.9. The van der Waals surface area contributed by atoms with E-state index in [1.807, 2.05) is 18.2 Å². The molecule has 18 heavy (non-hydrogen) atoms. The van der Waals surface area contributed by atoms with Gasteiger partial charge in [-0.15, -0.1) is 0 Å². The molecule has 2 N–H and O–H groups in total. The molecule has 2 aromatic rings. The van der Waals surface area contributed by atoms with E-state index in [1.54, 1.807) is 0 Å². The third-order valence-electron chi connectivity index (χ3n) is 2.92. The van der Waals surface area contributed by atoms with E-state index in [-0.39, 0.29) is 11.9 Å². The van der Waals surface area contributed by atoms with E-state index >= 15 is 0 Å². The number of halogens is 1. The minimum atomic E-state index is -0.200. The van der Waals surface area contributed by atoms with Crippen LogP contribution >= 0.6 is 15.9 Å². The van der Waals surface area contributed by atoms with Gasteiger partial charge in [-0.2, -0.15) is 0 Å². The van der Waals surface area contributed by atoms with Gasteiger partial charge in [0.05, 0.1) is 23.3 Å². The van der Waals surface area contributed by atoms with Gasteiger partial charge in [0.15, 0.2) is 5.75 Å². The number of hydrogen-bond acceptors (Lipinski definition) is 4. The summed E-state index contributed by atoms with van der Waals surface area (Å²) in [6.45, 7) is 0. The summed E-state index contributed by atoms with van der Waals surface area (Å²) in [7, 11) is 0. The second-order valence-corrected chi connectivity index (χ2v) is 5.32. The van der Waals surface area contributed by atoms with Crippen molar-refractivity contribution in [3.63, 3.8) is 0 Å². The number of nitrogen functional groups attached to an aromatic ring is 1. The van der Waals surface area contributed by atoms with Gasteiger partial charge < -0.3 is 10.5 Å². The van der Waals surface area contributed by atoms with Crippen molar-refractivity contribution < 1.29 is 9.53 Å². The lowest BCUT2D eigenvalue weighted by Crippen LogP contribution is -2.11. The Balaban J connectivity index is 2.09. The summed E-state index contributed by atoms with van der Waals surface area (Å²) in [6, 6.07) is 5.60. The van der Waals surface area contributed by atoms with E-state index in [1.165, 1.54) is 6.20 Å². The number of carbonyl (C=O) groups is 1. The first-order chi connectivity index (χ1) is 8.65. The zero-order valence-corrected chi connectivity index (χ0v) is 11.1. The highest BCUT2D eigenvalue weighted by molar-refractivity contribution is 9.10. The minimum absolute atomic E-state index is 0.0415. The number of anilines is 1. The Morgan fingerprint density at radius 1 is 1.44 bits per heavy atom. The summed E-state index contributed by atoms with van der Waals surface area (Å²) >= 11 is 3.39. The number of nitrogens with two attached hydrogens (primary N) is 1. The van der Waals surface area contributed by atoms with E-state index in [2.05, 4.69) is 20.9 Å². The molecule has 5 heteroatoms. The average Bonchev–Trinajstić information content (AvgIpc) is 3.17. The summed E-state index contributed by atoms with van der Waals surface area (Å²) in [4.78, 5) is 16.0. The first kappa shape index (κ1) is 11.5. The molecule has 1 aromatic carbocycles. The molecular weight excluding hydrogens is 296 g/mol. The average molecular weight is 307 g/mol. The van der Waals surface area contributed by atoms with E-state index < -0.39 is 0 Å². The van der Waals surface area contributed by atoms with Gasteiger partial charge in [0.2, 0.25) is 0 Å². The third kappa shape index (κ3) is 2.06. The largest absolute Gasteiger partial charge is 0.423 e. The van der Waals surface area contributed by atoms with E-state index in [0.717, 1.165) is 28.2 Å². The highest BCUT2D eigenvalue weighted by Gasteiger charge is 2.32. The molecule has 4 nitrogen and oxygen atoms in total. The molecule has 1 aromatic heterocycles. The van der Waals surface area contributed by atoms with Crippen molar-refractivity contribution in [2.75, 3.05) is 5.73 Å². The van der Waals surface area contributed by atoms with Crippen LogP contribution in [0.4, 0.5) is 5.69 Å². The van der Waals surface area contributed by atoms with Crippen LogP contribution in [0.3, 0.4) is 0 Å². The zero-order valence-electron chi connectivity index (χ0n) is 9.52. The van der Waals surface area contributed by atoms with Crippen molar-refractivity contribution in [1.29, 1.82) is 0 Å². The predicted molar refractivity (Wildman–Crippen MR) is 72.2 cm³/mol. The van der Waals surface area contributed by atoms with Crippen molar-refractivity contribution >= 4 is 38.5 Å². The predicted octanol–water partition coefficient (Wildman–Crippen LogP) is 2.89. The summed E-state index contributed by atoms with van der Waals surface area (Å²) in [5, 5.41) is 0.748. The number of aromatic nitrogens is 1. The number of esters is 1. The number of hydrogen-bond donors (Lipinski definition) is 1. The van der Waals surface area contributed by atoms with Crippen LogP contribution in [-0.4, -0.2) is 11.0 Å². The maximum atomic E-state index is 11.7. The van der Waals surface area contributed by atoms with Gasteiger partial charge in [-0.1, -0.05) is 15.9 Å². The van der Waals surface area contributed by atoms with Crippen LogP contribution in [0.1, 0.15) is 12.8 Å². The maximum absolute atomic E-state index is 11.7. The number of carbonyl (C=O) groups excluding carboxylic acids is 1. The van der Waals surface area contributed by atoms with E-state index in [4.69, 9.17) is 10.5 Å². The minimum Gasteiger partial charge on any atom is -0.423 e. The van der Waals surface area contributed by atoms with E-state index in [0.29, 0.717) is 11.4 Å². The van der Waals surface area contributed by atoms with Crippen molar-refractivity contribution in [2.24, 2.45) is 5.92 Å². The molecule has 1 heterocycles. The van der Waals surface area contributed by atoms with Crippen molar-refractivity contribution in [3.05, 3.63) is 28.9 Å². The molecule has 0 unspecified atom stereocenters. The fraction of sp³-hybridized carbons (Fsp3) is 0.231. The van der Waals surface area contributed by atoms with Crippen LogP contribution in [-0.2, 0) is 4.79 Å². The molecule has 3 rings (SSSR count). The molecule has 1 fully saturated rings. The number of pyridine rings is 1. The number of fused-ring (bicyclic) bond motifs is 1. The van der Waals surface area contributed by atoms with Gasteiger partial charge in [-0.3, -0.25) is 9.78 Å². The SMILES string of the molecule is Nc1cnc2ccc(Br)cc2c1OC(=O)C1CC1. The normalized spacial score (nSPS) is 14.7. The number of benzene rings is 1. The molecule has 0 radical (unpaired) electrons. The monoisotopic (exact) mass is 306 g/mol. The molecule has 1 aliphatic rings. The van der Waals surface area contributed by atoms with Crippen LogP contribution in [0, 0.1) is 5.92 Å². The van der Waals surface area contributed by atoms with Gasteiger partial charge in [-0.05, 0) is 31.0 Å². The Labute approximate surface area is 112 Å². The second-order valence-electron chi connectivity index (χ2n) is 4.40. The molecule has 0 atom stereocenters. The molecule has 0 amide bonds. The van der Waals surface area contributed by atoms with Crippen LogP contribution in [0.25, 0.3) is 10.9 Å². The standard InChI is InChI=1S/C13H11BrN2O2/c14-8-3-4-11-9(5-8)12(10(15)6-16-11)18-13(17)7-1-2-7/h3-7H,1-2,15H2.